The molecule has 0 aromatic heterocycles. The molecule has 1 heterocycles. The number of likely N-dealkylation sites (N-methyl/N-ethyl adjacent to an activating group) is 1. The summed E-state index contributed by atoms with van der Waals surface area (Å²) in [5.74, 6) is 0.238. The minimum absolute atomic E-state index is 0.0414. The summed E-state index contributed by atoms with van der Waals surface area (Å²) in [5, 5.41) is 5.59. The van der Waals surface area contributed by atoms with E-state index in [4.69, 9.17) is 4.74 Å². The summed E-state index contributed by atoms with van der Waals surface area (Å²) in [6.45, 7) is -0.0414. The van der Waals surface area contributed by atoms with Crippen LogP contribution in [-0.2, 0) is 4.79 Å². The molecular weight excluding hydrogens is 353 g/mol. The number of nitrogens with one attached hydrogen (secondary N) is 2. The Morgan fingerprint density at radius 1 is 1.43 bits per heavy atom. The molecular formula is C13H14BrF3N2O2. The van der Waals surface area contributed by atoms with Crippen LogP contribution in [0, 0.1) is 0 Å². The van der Waals surface area contributed by atoms with E-state index < -0.39 is 18.6 Å². The Morgan fingerprint density at radius 3 is 2.76 bits per heavy atom. The predicted molar refractivity (Wildman–Crippen MR) is 75.4 cm³/mol. The van der Waals surface area contributed by atoms with Gasteiger partial charge < -0.3 is 15.4 Å². The minimum Gasteiger partial charge on any atom is -0.492 e. The second-order valence-corrected chi connectivity index (χ2v) is 5.50. The van der Waals surface area contributed by atoms with Gasteiger partial charge in [0.25, 0.3) is 0 Å². The smallest absolute Gasteiger partial charge is 0.389 e. The molecule has 1 amide bonds. The molecule has 0 radical (unpaired) electrons. The van der Waals surface area contributed by atoms with Gasteiger partial charge >= 0.3 is 6.18 Å². The number of ether oxygens (including phenoxy) is 1. The van der Waals surface area contributed by atoms with Gasteiger partial charge in [-0.2, -0.15) is 13.2 Å². The molecule has 1 unspecified atom stereocenters. The van der Waals surface area contributed by atoms with E-state index in [-0.39, 0.29) is 18.9 Å². The first-order valence-corrected chi connectivity index (χ1v) is 7.12. The second-order valence-electron chi connectivity index (χ2n) is 4.65. The van der Waals surface area contributed by atoms with Crippen molar-refractivity contribution in [3.05, 3.63) is 22.2 Å². The zero-order valence-corrected chi connectivity index (χ0v) is 12.8. The van der Waals surface area contributed by atoms with Crippen LogP contribution < -0.4 is 15.4 Å². The van der Waals surface area contributed by atoms with Gasteiger partial charge in [-0.1, -0.05) is 0 Å². The van der Waals surface area contributed by atoms with Gasteiger partial charge in [-0.05, 0) is 35.5 Å². The van der Waals surface area contributed by atoms with Crippen molar-refractivity contribution in [2.24, 2.45) is 0 Å². The van der Waals surface area contributed by atoms with Crippen LogP contribution in [0.2, 0.25) is 0 Å². The van der Waals surface area contributed by atoms with Crippen LogP contribution in [0.4, 0.5) is 18.9 Å². The fourth-order valence-corrected chi connectivity index (χ4v) is 2.59. The van der Waals surface area contributed by atoms with Gasteiger partial charge in [0.15, 0.2) is 0 Å². The van der Waals surface area contributed by atoms with E-state index in [9.17, 15) is 18.0 Å². The number of hydrogen-bond acceptors (Lipinski definition) is 3. The molecule has 1 aliphatic heterocycles. The van der Waals surface area contributed by atoms with Crippen molar-refractivity contribution in [3.8, 4) is 5.75 Å². The van der Waals surface area contributed by atoms with Crippen LogP contribution >= 0.6 is 15.9 Å². The quantitative estimate of drug-likeness (QED) is 0.785. The van der Waals surface area contributed by atoms with Gasteiger partial charge in [0, 0.05) is 23.7 Å². The third-order valence-electron chi connectivity index (χ3n) is 3.09. The van der Waals surface area contributed by atoms with Crippen molar-refractivity contribution in [2.75, 3.05) is 19.0 Å². The Kier molecular flexibility index (Phi) is 4.77. The van der Waals surface area contributed by atoms with Crippen molar-refractivity contribution in [1.82, 2.24) is 5.32 Å². The maximum absolute atomic E-state index is 12.0. The molecule has 116 valence electrons. The number of halogens is 4. The summed E-state index contributed by atoms with van der Waals surface area (Å²) in [6.07, 6.45) is -5.17. The fourth-order valence-electron chi connectivity index (χ4n) is 2.11. The molecule has 0 spiro atoms. The predicted octanol–water partition coefficient (Wildman–Crippen LogP) is 3.38. The lowest BCUT2D eigenvalue weighted by molar-refractivity contribution is -0.136. The highest BCUT2D eigenvalue weighted by Crippen LogP contribution is 2.38. The largest absolute Gasteiger partial charge is 0.492 e. The average molecular weight is 367 g/mol. The number of fused-ring (bicyclic) bond motifs is 1. The summed E-state index contributed by atoms with van der Waals surface area (Å²) in [4.78, 5) is 11.7. The Morgan fingerprint density at radius 2 is 2.14 bits per heavy atom. The molecule has 0 fully saturated rings. The molecule has 1 atom stereocenters. The molecule has 2 rings (SSSR count). The maximum atomic E-state index is 12.0. The van der Waals surface area contributed by atoms with E-state index >= 15 is 0 Å². The first kappa shape index (κ1) is 16.1. The third kappa shape index (κ3) is 3.88. The summed E-state index contributed by atoms with van der Waals surface area (Å²) >= 11 is 3.30. The Bertz CT molecular complexity index is 549. The molecule has 2 N–H and O–H groups in total. The maximum Gasteiger partial charge on any atom is 0.389 e. The highest BCUT2D eigenvalue weighted by atomic mass is 79.9. The monoisotopic (exact) mass is 366 g/mol. The number of carbonyl (C=O) groups is 1. The molecule has 4 nitrogen and oxygen atoms in total. The fraction of sp³-hybridized carbons (Fsp3) is 0.462. The van der Waals surface area contributed by atoms with Gasteiger partial charge in [0.1, 0.15) is 11.8 Å². The van der Waals surface area contributed by atoms with Gasteiger partial charge in [0.05, 0.1) is 11.1 Å². The first-order valence-electron chi connectivity index (χ1n) is 6.33. The average Bonchev–Trinajstić information content (AvgIpc) is 2.68. The zero-order valence-electron chi connectivity index (χ0n) is 11.2. The van der Waals surface area contributed by atoms with Crippen LogP contribution in [0.1, 0.15) is 24.4 Å². The standard InChI is InChI=1S/C13H14BrF3N2O2/c1-18-11-7-5-8(14)10(6-9(7)19-12(11)20)21-4-2-3-13(15,16)17/h5-6,11,18H,2-4H2,1H3,(H,19,20). The summed E-state index contributed by atoms with van der Waals surface area (Å²) < 4.78 is 42.1. The number of alkyl halides is 3. The number of anilines is 1. The summed E-state index contributed by atoms with van der Waals surface area (Å²) in [6, 6.07) is 2.91. The summed E-state index contributed by atoms with van der Waals surface area (Å²) in [5.41, 5.74) is 1.38. The molecule has 0 bridgehead atoms. The minimum atomic E-state index is -4.17. The van der Waals surface area contributed by atoms with Gasteiger partial charge in [0.2, 0.25) is 5.91 Å². The molecule has 1 aromatic rings. The topological polar surface area (TPSA) is 50.4 Å². The number of carbonyl (C=O) groups excluding carboxylic acids is 1. The van der Waals surface area contributed by atoms with Crippen LogP contribution in [-0.4, -0.2) is 25.7 Å². The highest BCUT2D eigenvalue weighted by molar-refractivity contribution is 9.10. The van der Waals surface area contributed by atoms with E-state index in [1.807, 2.05) is 0 Å². The van der Waals surface area contributed by atoms with Crippen LogP contribution in [0.5, 0.6) is 5.75 Å². The normalized spacial score (nSPS) is 17.6. The van der Waals surface area contributed by atoms with Crippen molar-refractivity contribution in [2.45, 2.75) is 25.1 Å². The van der Waals surface area contributed by atoms with E-state index in [1.54, 1.807) is 19.2 Å². The SMILES string of the molecule is CNC1C(=O)Nc2cc(OCCCC(F)(F)F)c(Br)cc21. The van der Waals surface area contributed by atoms with E-state index in [2.05, 4.69) is 26.6 Å². The van der Waals surface area contributed by atoms with Crippen molar-refractivity contribution in [3.63, 3.8) is 0 Å². The lowest BCUT2D eigenvalue weighted by atomic mass is 10.1. The zero-order chi connectivity index (χ0) is 15.6. The van der Waals surface area contributed by atoms with E-state index in [0.29, 0.717) is 15.9 Å². The highest BCUT2D eigenvalue weighted by Gasteiger charge is 2.30. The van der Waals surface area contributed by atoms with Crippen molar-refractivity contribution in [1.29, 1.82) is 0 Å². The number of amides is 1. The van der Waals surface area contributed by atoms with Gasteiger partial charge in [-0.25, -0.2) is 0 Å². The Balaban J connectivity index is 2.03. The molecule has 1 aromatic carbocycles. The molecule has 0 saturated heterocycles. The Labute approximate surface area is 128 Å². The van der Waals surface area contributed by atoms with Gasteiger partial charge in [-0.15, -0.1) is 0 Å². The Hall–Kier alpha value is -1.28. The van der Waals surface area contributed by atoms with Crippen molar-refractivity contribution < 1.29 is 22.7 Å². The number of hydrogen-bond donors (Lipinski definition) is 2. The first-order chi connectivity index (χ1) is 9.81. The molecule has 8 heteroatoms. The van der Waals surface area contributed by atoms with Crippen LogP contribution in [0.25, 0.3) is 0 Å². The molecule has 21 heavy (non-hydrogen) atoms. The van der Waals surface area contributed by atoms with E-state index in [1.165, 1.54) is 0 Å². The molecule has 0 saturated carbocycles. The molecule has 1 aliphatic rings. The lowest BCUT2D eigenvalue weighted by Gasteiger charge is -2.12. The van der Waals surface area contributed by atoms with E-state index in [0.717, 1.165) is 5.56 Å². The number of rotatable bonds is 5. The molecule has 0 aliphatic carbocycles. The van der Waals surface area contributed by atoms with Crippen LogP contribution in [0.15, 0.2) is 16.6 Å². The second kappa shape index (κ2) is 6.23. The third-order valence-corrected chi connectivity index (χ3v) is 3.71. The summed E-state index contributed by atoms with van der Waals surface area (Å²) in [7, 11) is 1.68. The van der Waals surface area contributed by atoms with Gasteiger partial charge in [-0.3, -0.25) is 4.79 Å². The van der Waals surface area contributed by atoms with Crippen LogP contribution in [0.3, 0.4) is 0 Å². The van der Waals surface area contributed by atoms with Crippen molar-refractivity contribution >= 4 is 27.5 Å². The lowest BCUT2D eigenvalue weighted by Crippen LogP contribution is -2.23. The number of benzene rings is 1.